The summed E-state index contributed by atoms with van der Waals surface area (Å²) >= 11 is 0. The lowest BCUT2D eigenvalue weighted by atomic mass is 10.1. The van der Waals surface area contributed by atoms with E-state index in [1.807, 2.05) is 48.5 Å². The summed E-state index contributed by atoms with van der Waals surface area (Å²) in [5.74, 6) is 1.74. The molecule has 0 spiro atoms. The van der Waals surface area contributed by atoms with Gasteiger partial charge in [0.1, 0.15) is 24.7 Å². The first-order chi connectivity index (χ1) is 20.7. The minimum Gasteiger partial charge on any atom is -0.489 e. The third-order valence-corrected chi connectivity index (χ3v) is 7.23. The van der Waals surface area contributed by atoms with Gasteiger partial charge >= 0.3 is 0 Å². The fourth-order valence-corrected chi connectivity index (χ4v) is 4.75. The average molecular weight is 567 g/mol. The Labute approximate surface area is 251 Å². The van der Waals surface area contributed by atoms with Gasteiger partial charge in [-0.25, -0.2) is 0 Å². The van der Waals surface area contributed by atoms with Gasteiger partial charge in [0.05, 0.1) is 0 Å². The summed E-state index contributed by atoms with van der Waals surface area (Å²) in [6, 6.07) is 33.2. The van der Waals surface area contributed by atoms with Crippen LogP contribution in [0.15, 0.2) is 97.1 Å². The van der Waals surface area contributed by atoms with E-state index in [2.05, 4.69) is 59.2 Å². The maximum atomic E-state index is 5.93. The molecule has 222 valence electrons. The first kappa shape index (κ1) is 31.3. The number of hydrogen-bond acceptors (Lipinski definition) is 6. The van der Waals surface area contributed by atoms with Crippen molar-refractivity contribution in [3.63, 3.8) is 0 Å². The molecular weight excluding hydrogens is 520 g/mol. The van der Waals surface area contributed by atoms with Crippen LogP contribution < -0.4 is 31.6 Å². The minimum absolute atomic E-state index is 0.549. The van der Waals surface area contributed by atoms with Crippen LogP contribution in [0.2, 0.25) is 0 Å². The molecule has 0 aromatic heterocycles. The van der Waals surface area contributed by atoms with Gasteiger partial charge in [0, 0.05) is 26.2 Å². The molecule has 0 aliphatic carbocycles. The van der Waals surface area contributed by atoms with Crippen molar-refractivity contribution in [2.45, 2.75) is 65.1 Å². The van der Waals surface area contributed by atoms with Crippen molar-refractivity contribution in [2.24, 2.45) is 11.5 Å². The summed E-state index contributed by atoms with van der Waals surface area (Å²) in [5.41, 5.74) is 18.5. The molecule has 0 atom stereocenters. The third-order valence-electron chi connectivity index (χ3n) is 7.23. The Morgan fingerprint density at radius 2 is 0.857 bits per heavy atom. The third kappa shape index (κ3) is 11.3. The summed E-state index contributed by atoms with van der Waals surface area (Å²) in [5, 5.41) is 7.17. The van der Waals surface area contributed by atoms with Crippen LogP contribution in [0.4, 0.5) is 0 Å². The molecule has 4 rings (SSSR count). The SMILES string of the molecule is NCc1ccc(OCc2cccc(CNCCCCCCNCc3cccc(COc4ccc(CN)cc4)c3)c2)cc1. The molecule has 0 fully saturated rings. The molecule has 4 aromatic carbocycles. The predicted molar refractivity (Wildman–Crippen MR) is 172 cm³/mol. The Kier molecular flexibility index (Phi) is 13.4. The average Bonchev–Trinajstić information content (AvgIpc) is 3.04. The molecule has 0 radical (unpaired) electrons. The van der Waals surface area contributed by atoms with Gasteiger partial charge in [0.15, 0.2) is 0 Å². The van der Waals surface area contributed by atoms with E-state index in [1.54, 1.807) is 0 Å². The van der Waals surface area contributed by atoms with E-state index in [1.165, 1.54) is 47.9 Å². The molecule has 4 aromatic rings. The second-order valence-corrected chi connectivity index (χ2v) is 10.7. The maximum Gasteiger partial charge on any atom is 0.119 e. The maximum absolute atomic E-state index is 5.93. The van der Waals surface area contributed by atoms with Gasteiger partial charge in [0.2, 0.25) is 0 Å². The number of hydrogen-bond donors (Lipinski definition) is 4. The molecule has 0 saturated heterocycles. The molecule has 0 amide bonds. The van der Waals surface area contributed by atoms with Gasteiger partial charge in [-0.05, 0) is 83.6 Å². The van der Waals surface area contributed by atoms with E-state index >= 15 is 0 Å². The minimum atomic E-state index is 0.549. The van der Waals surface area contributed by atoms with Crippen LogP contribution in [0.1, 0.15) is 59.1 Å². The number of nitrogens with two attached hydrogens (primary N) is 2. The van der Waals surface area contributed by atoms with Crippen molar-refractivity contribution in [2.75, 3.05) is 13.1 Å². The number of rotatable bonds is 19. The lowest BCUT2D eigenvalue weighted by molar-refractivity contribution is 0.306. The number of unbranched alkanes of at least 4 members (excludes halogenated alkanes) is 3. The van der Waals surface area contributed by atoms with Crippen LogP contribution in [0.5, 0.6) is 11.5 Å². The summed E-state index contributed by atoms with van der Waals surface area (Å²) in [6.07, 6.45) is 4.87. The molecule has 6 nitrogen and oxygen atoms in total. The normalized spacial score (nSPS) is 11.0. The zero-order valence-electron chi connectivity index (χ0n) is 24.7. The molecule has 0 aliphatic rings. The quantitative estimate of drug-likeness (QED) is 0.101. The van der Waals surface area contributed by atoms with E-state index < -0.39 is 0 Å². The van der Waals surface area contributed by atoms with E-state index in [4.69, 9.17) is 20.9 Å². The first-order valence-electron chi connectivity index (χ1n) is 15.1. The zero-order chi connectivity index (χ0) is 29.2. The Bertz CT molecular complexity index is 1210. The van der Waals surface area contributed by atoms with Crippen molar-refractivity contribution in [1.29, 1.82) is 0 Å². The lowest BCUT2D eigenvalue weighted by Gasteiger charge is -2.10. The summed E-state index contributed by atoms with van der Waals surface area (Å²) in [4.78, 5) is 0. The number of benzene rings is 4. The van der Waals surface area contributed by atoms with Gasteiger partial charge in [0.25, 0.3) is 0 Å². The fourth-order valence-electron chi connectivity index (χ4n) is 4.75. The van der Waals surface area contributed by atoms with E-state index in [9.17, 15) is 0 Å². The van der Waals surface area contributed by atoms with Gasteiger partial charge in [-0.1, -0.05) is 85.6 Å². The van der Waals surface area contributed by atoms with Crippen molar-refractivity contribution in [1.82, 2.24) is 10.6 Å². The summed E-state index contributed by atoms with van der Waals surface area (Å²) in [7, 11) is 0. The van der Waals surface area contributed by atoms with Crippen molar-refractivity contribution in [3.05, 3.63) is 130 Å². The molecule has 0 bridgehead atoms. The predicted octanol–water partition coefficient (Wildman–Crippen LogP) is 6.20. The van der Waals surface area contributed by atoms with Crippen LogP contribution in [0, 0.1) is 0 Å². The molecule has 0 heterocycles. The topological polar surface area (TPSA) is 94.6 Å². The van der Waals surface area contributed by atoms with Crippen LogP contribution in [-0.2, 0) is 39.4 Å². The highest BCUT2D eigenvalue weighted by atomic mass is 16.5. The highest BCUT2D eigenvalue weighted by molar-refractivity contribution is 5.30. The van der Waals surface area contributed by atoms with Gasteiger partial charge in [-0.3, -0.25) is 0 Å². The highest BCUT2D eigenvalue weighted by Gasteiger charge is 2.01. The van der Waals surface area contributed by atoms with Crippen LogP contribution in [0.3, 0.4) is 0 Å². The molecule has 0 saturated carbocycles. The van der Waals surface area contributed by atoms with Crippen molar-refractivity contribution < 1.29 is 9.47 Å². The van der Waals surface area contributed by atoms with Crippen molar-refractivity contribution >= 4 is 0 Å². The van der Waals surface area contributed by atoms with Gasteiger partial charge < -0.3 is 31.6 Å². The molecular formula is C36H46N4O2. The van der Waals surface area contributed by atoms with Crippen LogP contribution in [0.25, 0.3) is 0 Å². The summed E-state index contributed by atoms with van der Waals surface area (Å²) < 4.78 is 11.9. The number of ether oxygens (including phenoxy) is 2. The zero-order valence-corrected chi connectivity index (χ0v) is 24.7. The fraction of sp³-hybridized carbons (Fsp3) is 0.333. The van der Waals surface area contributed by atoms with E-state index in [-0.39, 0.29) is 0 Å². The molecule has 0 unspecified atom stereocenters. The van der Waals surface area contributed by atoms with Crippen LogP contribution >= 0.6 is 0 Å². The second-order valence-electron chi connectivity index (χ2n) is 10.7. The van der Waals surface area contributed by atoms with Crippen LogP contribution in [-0.4, -0.2) is 13.1 Å². The Morgan fingerprint density at radius 1 is 0.452 bits per heavy atom. The summed E-state index contributed by atoms with van der Waals surface area (Å²) in [6.45, 7) is 6.06. The first-order valence-corrected chi connectivity index (χ1v) is 15.1. The Morgan fingerprint density at radius 3 is 1.26 bits per heavy atom. The van der Waals surface area contributed by atoms with E-state index in [0.29, 0.717) is 26.3 Å². The van der Waals surface area contributed by atoms with E-state index in [0.717, 1.165) is 48.8 Å². The number of nitrogens with one attached hydrogen (secondary N) is 2. The largest absolute Gasteiger partial charge is 0.489 e. The van der Waals surface area contributed by atoms with Crippen molar-refractivity contribution in [3.8, 4) is 11.5 Å². The lowest BCUT2D eigenvalue weighted by Crippen LogP contribution is -2.16. The van der Waals surface area contributed by atoms with Gasteiger partial charge in [-0.15, -0.1) is 0 Å². The monoisotopic (exact) mass is 566 g/mol. The standard InChI is InChI=1S/C36H46N4O2/c37-23-29-11-15-35(16-12-29)41-27-33-9-5-7-31(21-33)25-39-19-3-1-2-4-20-40-26-32-8-6-10-34(22-32)28-42-36-17-13-30(24-38)14-18-36/h5-18,21-22,39-40H,1-4,19-20,23-28,37-38H2. The molecule has 6 N–H and O–H groups in total. The van der Waals surface area contributed by atoms with Gasteiger partial charge in [-0.2, -0.15) is 0 Å². The Balaban J connectivity index is 1.02. The molecule has 6 heteroatoms. The second kappa shape index (κ2) is 18.0. The smallest absolute Gasteiger partial charge is 0.119 e. The molecule has 0 aliphatic heterocycles. The highest BCUT2D eigenvalue weighted by Crippen LogP contribution is 2.16. The Hall–Kier alpha value is -3.68. The molecule has 42 heavy (non-hydrogen) atoms.